The molecule has 0 aliphatic heterocycles. The van der Waals surface area contributed by atoms with E-state index in [9.17, 15) is 19.1 Å². The maximum atomic E-state index is 13.8. The molecule has 0 aliphatic carbocycles. The zero-order chi connectivity index (χ0) is 29.1. The number of carbonyl (C=O) groups is 2. The number of aromatic amines is 1. The van der Waals surface area contributed by atoms with E-state index in [0.717, 1.165) is 17.5 Å². The number of fused-ring (bicyclic) bond motifs is 1. The lowest BCUT2D eigenvalue weighted by Gasteiger charge is -2.21. The molecule has 0 aliphatic rings. The largest absolute Gasteiger partial charge is 0.496 e. The van der Waals surface area contributed by atoms with Crippen LogP contribution in [0, 0.1) is 5.82 Å². The van der Waals surface area contributed by atoms with Gasteiger partial charge in [-0.3, -0.25) is 4.79 Å². The number of nitrogens with zero attached hydrogens (tertiary/aromatic N) is 1. The number of aromatic nitrogens is 2. The normalized spacial score (nSPS) is 11.8. The monoisotopic (exact) mass is 571 g/mol. The van der Waals surface area contributed by atoms with Gasteiger partial charge in [0.05, 0.1) is 29.7 Å². The standard InChI is InChI=1S/C32H27ClFN3O4/c1-3-7-25(21-15-13-19(34)17-28(21)41-2)37-31(38)18-12-14-20(23(16-18)32(39)40)29-22(8-6-9-24(29)33)30-35-26-10-4-5-11-27(26)36-30/h4-6,8-17,25H,3,7H2,1-2H3,(H,35,36)(H,37,38)(H,39,40). The predicted molar refractivity (Wildman–Crippen MR) is 157 cm³/mol. The summed E-state index contributed by atoms with van der Waals surface area (Å²) in [6.07, 6.45) is 1.31. The van der Waals surface area contributed by atoms with Crippen LogP contribution in [0.4, 0.5) is 4.39 Å². The van der Waals surface area contributed by atoms with Crippen LogP contribution in [0.25, 0.3) is 33.5 Å². The molecule has 0 saturated carbocycles. The van der Waals surface area contributed by atoms with E-state index in [-0.39, 0.29) is 11.1 Å². The molecule has 0 radical (unpaired) electrons. The summed E-state index contributed by atoms with van der Waals surface area (Å²) in [6.45, 7) is 1.97. The van der Waals surface area contributed by atoms with Crippen molar-refractivity contribution in [3.8, 4) is 28.3 Å². The Balaban J connectivity index is 1.54. The Morgan fingerprint density at radius 2 is 1.85 bits per heavy atom. The van der Waals surface area contributed by atoms with E-state index in [0.29, 0.717) is 45.3 Å². The van der Waals surface area contributed by atoms with Gasteiger partial charge in [-0.15, -0.1) is 0 Å². The van der Waals surface area contributed by atoms with Crippen LogP contribution in [-0.2, 0) is 0 Å². The molecule has 0 saturated heterocycles. The summed E-state index contributed by atoms with van der Waals surface area (Å²) >= 11 is 6.65. The van der Waals surface area contributed by atoms with Crippen molar-refractivity contribution in [3.05, 3.63) is 106 Å². The number of para-hydroxylation sites is 2. The van der Waals surface area contributed by atoms with Crippen LogP contribution >= 0.6 is 11.6 Å². The highest BCUT2D eigenvalue weighted by Gasteiger charge is 2.24. The number of imidazole rings is 1. The molecular weight excluding hydrogens is 545 g/mol. The first-order valence-corrected chi connectivity index (χ1v) is 13.4. The third-order valence-electron chi connectivity index (χ3n) is 6.89. The number of carbonyl (C=O) groups excluding carboxylic acids is 1. The van der Waals surface area contributed by atoms with Gasteiger partial charge in [-0.2, -0.15) is 0 Å². The molecule has 9 heteroatoms. The Morgan fingerprint density at radius 3 is 2.59 bits per heavy atom. The fraction of sp³-hybridized carbons (Fsp3) is 0.156. The van der Waals surface area contributed by atoms with Gasteiger partial charge in [0.1, 0.15) is 17.4 Å². The molecule has 1 atom stereocenters. The predicted octanol–water partition coefficient (Wildman–Crippen LogP) is 7.67. The first-order chi connectivity index (χ1) is 19.8. The summed E-state index contributed by atoms with van der Waals surface area (Å²) in [6, 6.07) is 21.0. The number of H-pyrrole nitrogens is 1. The molecule has 1 heterocycles. The fourth-order valence-corrected chi connectivity index (χ4v) is 5.24. The number of carboxylic acids is 1. The number of halogens is 2. The number of carboxylic acid groups (broad SMARTS) is 1. The molecule has 4 aromatic carbocycles. The van der Waals surface area contributed by atoms with Crippen LogP contribution in [0.3, 0.4) is 0 Å². The van der Waals surface area contributed by atoms with Gasteiger partial charge < -0.3 is 20.1 Å². The highest BCUT2D eigenvalue weighted by molar-refractivity contribution is 6.34. The highest BCUT2D eigenvalue weighted by atomic mass is 35.5. The smallest absolute Gasteiger partial charge is 0.336 e. The SMILES string of the molecule is CCCC(NC(=O)c1ccc(-c2c(Cl)cccc2-c2nc3ccccc3[nH]2)c(C(=O)O)c1)c1ccc(F)cc1OC. The molecule has 5 rings (SSSR count). The lowest BCUT2D eigenvalue weighted by atomic mass is 9.93. The molecule has 1 aromatic heterocycles. The molecule has 1 amide bonds. The van der Waals surface area contributed by atoms with Gasteiger partial charge in [0.2, 0.25) is 0 Å². The van der Waals surface area contributed by atoms with Crippen molar-refractivity contribution in [3.63, 3.8) is 0 Å². The Morgan fingerprint density at radius 1 is 1.05 bits per heavy atom. The van der Waals surface area contributed by atoms with Crippen LogP contribution in [0.2, 0.25) is 5.02 Å². The number of rotatable bonds is 9. The fourth-order valence-electron chi connectivity index (χ4n) is 4.96. The minimum atomic E-state index is -1.21. The lowest BCUT2D eigenvalue weighted by molar-refractivity contribution is 0.0697. The van der Waals surface area contributed by atoms with Crippen molar-refractivity contribution in [1.82, 2.24) is 15.3 Å². The van der Waals surface area contributed by atoms with Crippen molar-refractivity contribution < 1.29 is 23.8 Å². The second kappa shape index (κ2) is 11.8. The van der Waals surface area contributed by atoms with E-state index in [1.54, 1.807) is 30.3 Å². The molecule has 3 N–H and O–H groups in total. The average Bonchev–Trinajstić information content (AvgIpc) is 3.41. The van der Waals surface area contributed by atoms with Crippen LogP contribution in [0.5, 0.6) is 5.75 Å². The quantitative estimate of drug-likeness (QED) is 0.168. The summed E-state index contributed by atoms with van der Waals surface area (Å²) in [7, 11) is 1.44. The van der Waals surface area contributed by atoms with Crippen LogP contribution in [0.1, 0.15) is 52.1 Å². The number of ether oxygens (including phenoxy) is 1. The van der Waals surface area contributed by atoms with Crippen molar-refractivity contribution in [2.24, 2.45) is 0 Å². The second-order valence-electron chi connectivity index (χ2n) is 9.53. The molecule has 0 bridgehead atoms. The topological polar surface area (TPSA) is 104 Å². The Labute approximate surface area is 241 Å². The summed E-state index contributed by atoms with van der Waals surface area (Å²) in [4.78, 5) is 33.8. The zero-order valence-corrected chi connectivity index (χ0v) is 23.1. The Bertz CT molecular complexity index is 1730. The maximum absolute atomic E-state index is 13.8. The van der Waals surface area contributed by atoms with Gasteiger partial charge in [0.25, 0.3) is 5.91 Å². The first-order valence-electron chi connectivity index (χ1n) is 13.1. The third-order valence-corrected chi connectivity index (χ3v) is 7.21. The molecule has 5 aromatic rings. The molecule has 0 spiro atoms. The molecular formula is C32H27ClFN3O4. The van der Waals surface area contributed by atoms with Crippen molar-refractivity contribution in [2.75, 3.05) is 7.11 Å². The number of hydrogen-bond acceptors (Lipinski definition) is 4. The van der Waals surface area contributed by atoms with Gasteiger partial charge >= 0.3 is 5.97 Å². The van der Waals surface area contributed by atoms with Crippen LogP contribution in [-0.4, -0.2) is 34.1 Å². The van der Waals surface area contributed by atoms with Crippen molar-refractivity contribution in [2.45, 2.75) is 25.8 Å². The highest BCUT2D eigenvalue weighted by Crippen LogP contribution is 2.39. The van der Waals surface area contributed by atoms with Crippen LogP contribution < -0.4 is 10.1 Å². The number of aromatic carboxylic acids is 1. The van der Waals surface area contributed by atoms with E-state index < -0.39 is 23.7 Å². The second-order valence-corrected chi connectivity index (χ2v) is 9.94. The molecule has 41 heavy (non-hydrogen) atoms. The van der Waals surface area contributed by atoms with Crippen LogP contribution in [0.15, 0.2) is 78.9 Å². The van der Waals surface area contributed by atoms with Gasteiger partial charge in [0.15, 0.2) is 0 Å². The molecule has 7 nitrogen and oxygen atoms in total. The first kappa shape index (κ1) is 27.9. The number of benzene rings is 4. The number of nitrogens with one attached hydrogen (secondary N) is 2. The van der Waals surface area contributed by atoms with Gasteiger partial charge in [0, 0.05) is 33.3 Å². The minimum Gasteiger partial charge on any atom is -0.496 e. The Kier molecular flexibility index (Phi) is 8.03. The van der Waals surface area contributed by atoms with Gasteiger partial charge in [-0.1, -0.05) is 61.3 Å². The number of methoxy groups -OCH3 is 1. The summed E-state index contributed by atoms with van der Waals surface area (Å²) in [5.41, 5.74) is 3.75. The van der Waals surface area contributed by atoms with E-state index in [4.69, 9.17) is 16.3 Å². The lowest BCUT2D eigenvalue weighted by Crippen LogP contribution is -2.29. The van der Waals surface area contributed by atoms with Gasteiger partial charge in [-0.25, -0.2) is 14.2 Å². The van der Waals surface area contributed by atoms with Gasteiger partial charge in [-0.05, 0) is 48.4 Å². The third kappa shape index (κ3) is 5.64. The Hall–Kier alpha value is -4.69. The van der Waals surface area contributed by atoms with E-state index in [1.807, 2.05) is 37.3 Å². The molecule has 0 fully saturated rings. The van der Waals surface area contributed by atoms with E-state index in [2.05, 4.69) is 15.3 Å². The number of amides is 1. The zero-order valence-electron chi connectivity index (χ0n) is 22.4. The molecule has 1 unspecified atom stereocenters. The van der Waals surface area contributed by atoms with E-state index in [1.165, 1.54) is 25.3 Å². The summed E-state index contributed by atoms with van der Waals surface area (Å²) in [5.74, 6) is -1.27. The average molecular weight is 572 g/mol. The molecule has 208 valence electrons. The number of hydrogen-bond donors (Lipinski definition) is 3. The van der Waals surface area contributed by atoms with Crippen molar-refractivity contribution >= 4 is 34.5 Å². The summed E-state index contributed by atoms with van der Waals surface area (Å²) in [5, 5.41) is 13.5. The minimum absolute atomic E-state index is 0.0884. The van der Waals surface area contributed by atoms with E-state index >= 15 is 0 Å². The van der Waals surface area contributed by atoms with Crippen molar-refractivity contribution in [1.29, 1.82) is 0 Å². The maximum Gasteiger partial charge on any atom is 0.336 e. The summed E-state index contributed by atoms with van der Waals surface area (Å²) < 4.78 is 19.1.